The number of thioether (sulfide) groups is 1. The molecule has 0 aliphatic carbocycles. The van der Waals surface area contributed by atoms with Gasteiger partial charge in [0.2, 0.25) is 0 Å². The number of para-hydroxylation sites is 1. The molecule has 2 aromatic carbocycles. The zero-order chi connectivity index (χ0) is 14.2. The maximum atomic E-state index is 5.96. The molecule has 4 aromatic rings. The predicted molar refractivity (Wildman–Crippen MR) is 86.5 cm³/mol. The zero-order valence-electron chi connectivity index (χ0n) is 11.4. The molecule has 0 N–H and O–H groups in total. The lowest BCUT2D eigenvalue weighted by molar-refractivity contribution is 0.667. The third-order valence-electron chi connectivity index (χ3n) is 3.52. The molecule has 3 nitrogen and oxygen atoms in total. The second kappa shape index (κ2) is 4.90. The Kier molecular flexibility index (Phi) is 2.89. The van der Waals surface area contributed by atoms with Gasteiger partial charge in [-0.15, -0.1) is 11.8 Å². The Balaban J connectivity index is 1.99. The summed E-state index contributed by atoms with van der Waals surface area (Å²) >= 11 is 1.72. The average Bonchev–Trinajstić information content (AvgIpc) is 2.94. The van der Waals surface area contributed by atoms with Gasteiger partial charge in [0, 0.05) is 15.8 Å². The van der Waals surface area contributed by atoms with Crippen molar-refractivity contribution in [1.82, 2.24) is 9.97 Å². The first kappa shape index (κ1) is 12.4. The van der Waals surface area contributed by atoms with Crippen LogP contribution >= 0.6 is 11.8 Å². The normalized spacial score (nSPS) is 11.3. The first-order valence-corrected chi connectivity index (χ1v) is 7.86. The summed E-state index contributed by atoms with van der Waals surface area (Å²) in [5, 5.41) is 1.02. The quantitative estimate of drug-likeness (QED) is 0.499. The average molecular weight is 292 g/mol. The molecular weight excluding hydrogens is 280 g/mol. The van der Waals surface area contributed by atoms with E-state index in [-0.39, 0.29) is 0 Å². The van der Waals surface area contributed by atoms with Gasteiger partial charge in [-0.25, -0.2) is 9.97 Å². The van der Waals surface area contributed by atoms with Gasteiger partial charge < -0.3 is 4.42 Å². The maximum absolute atomic E-state index is 5.96. The van der Waals surface area contributed by atoms with Crippen molar-refractivity contribution in [3.05, 3.63) is 54.9 Å². The molecule has 0 saturated heterocycles. The summed E-state index contributed by atoms with van der Waals surface area (Å²) in [5.41, 5.74) is 4.33. The molecule has 21 heavy (non-hydrogen) atoms. The molecule has 0 saturated carbocycles. The van der Waals surface area contributed by atoms with Gasteiger partial charge in [0.05, 0.1) is 0 Å². The molecule has 4 rings (SSSR count). The lowest BCUT2D eigenvalue weighted by Gasteiger charge is -2.02. The Labute approximate surface area is 126 Å². The van der Waals surface area contributed by atoms with Crippen LogP contribution in [0.2, 0.25) is 0 Å². The fourth-order valence-corrected chi connectivity index (χ4v) is 2.89. The van der Waals surface area contributed by atoms with Gasteiger partial charge in [-0.3, -0.25) is 0 Å². The van der Waals surface area contributed by atoms with E-state index in [0.29, 0.717) is 0 Å². The number of aromatic nitrogens is 2. The van der Waals surface area contributed by atoms with Crippen LogP contribution in [0.3, 0.4) is 0 Å². The van der Waals surface area contributed by atoms with Crippen LogP contribution in [0.5, 0.6) is 0 Å². The Hall–Kier alpha value is -2.33. The smallest absolute Gasteiger partial charge is 0.180 e. The summed E-state index contributed by atoms with van der Waals surface area (Å²) in [6.45, 7) is 0. The van der Waals surface area contributed by atoms with Gasteiger partial charge >= 0.3 is 0 Å². The van der Waals surface area contributed by atoms with Crippen LogP contribution in [0.25, 0.3) is 33.3 Å². The molecule has 4 heteroatoms. The van der Waals surface area contributed by atoms with Gasteiger partial charge in [0.15, 0.2) is 5.58 Å². The monoisotopic (exact) mass is 292 g/mol. The van der Waals surface area contributed by atoms with E-state index in [1.165, 1.54) is 4.90 Å². The van der Waals surface area contributed by atoms with Crippen LogP contribution in [-0.2, 0) is 0 Å². The molecule has 102 valence electrons. The molecule has 0 spiro atoms. The van der Waals surface area contributed by atoms with Gasteiger partial charge in [-0.2, -0.15) is 0 Å². The summed E-state index contributed by atoms with van der Waals surface area (Å²) in [7, 11) is 0. The highest BCUT2D eigenvalue weighted by molar-refractivity contribution is 7.98. The van der Waals surface area contributed by atoms with Crippen LogP contribution in [0.4, 0.5) is 0 Å². The van der Waals surface area contributed by atoms with Crippen molar-refractivity contribution in [3.8, 4) is 11.3 Å². The summed E-state index contributed by atoms with van der Waals surface area (Å²) in [6, 6.07) is 16.3. The van der Waals surface area contributed by atoms with Crippen LogP contribution in [-0.4, -0.2) is 16.2 Å². The minimum Gasteiger partial charge on any atom is -0.452 e. The van der Waals surface area contributed by atoms with E-state index < -0.39 is 0 Å². The molecule has 2 aromatic heterocycles. The highest BCUT2D eigenvalue weighted by Gasteiger charge is 2.13. The number of benzene rings is 2. The molecule has 2 heterocycles. The highest BCUT2D eigenvalue weighted by Crippen LogP contribution is 2.33. The molecule has 0 fully saturated rings. The second-order valence-corrected chi connectivity index (χ2v) is 5.61. The van der Waals surface area contributed by atoms with Crippen LogP contribution < -0.4 is 0 Å². The van der Waals surface area contributed by atoms with Crippen molar-refractivity contribution in [2.24, 2.45) is 0 Å². The van der Waals surface area contributed by atoms with Crippen molar-refractivity contribution in [3.63, 3.8) is 0 Å². The van der Waals surface area contributed by atoms with E-state index in [4.69, 9.17) is 4.42 Å². The Bertz CT molecular complexity index is 928. The molecule has 0 aliphatic heterocycles. The minimum absolute atomic E-state index is 0.746. The molecule has 0 atom stereocenters. The van der Waals surface area contributed by atoms with Crippen molar-refractivity contribution in [1.29, 1.82) is 0 Å². The van der Waals surface area contributed by atoms with E-state index >= 15 is 0 Å². The van der Waals surface area contributed by atoms with Crippen molar-refractivity contribution >= 4 is 33.8 Å². The standard InChI is InChI=1S/C17H12N2OS/c1-21-12-8-6-11(7-9-12)15-17-16(19-10-18-15)13-4-2-3-5-14(13)20-17/h2-10H,1H3. The number of nitrogens with zero attached hydrogens (tertiary/aromatic N) is 2. The third-order valence-corrected chi connectivity index (χ3v) is 4.27. The lowest BCUT2D eigenvalue weighted by atomic mass is 10.1. The molecular formula is C17H12N2OS. The van der Waals surface area contributed by atoms with E-state index in [9.17, 15) is 0 Å². The van der Waals surface area contributed by atoms with Gasteiger partial charge in [0.25, 0.3) is 0 Å². The Morgan fingerprint density at radius 1 is 0.952 bits per heavy atom. The summed E-state index contributed by atoms with van der Waals surface area (Å²) in [6.07, 6.45) is 3.67. The Morgan fingerprint density at radius 3 is 2.57 bits per heavy atom. The molecule has 0 unspecified atom stereocenters. The van der Waals surface area contributed by atoms with Crippen LogP contribution in [0.15, 0.2) is 64.2 Å². The molecule has 0 radical (unpaired) electrons. The minimum atomic E-state index is 0.746. The first-order chi connectivity index (χ1) is 10.4. The number of hydrogen-bond acceptors (Lipinski definition) is 4. The zero-order valence-corrected chi connectivity index (χ0v) is 12.2. The summed E-state index contributed by atoms with van der Waals surface area (Å²) in [5.74, 6) is 0. The Morgan fingerprint density at radius 2 is 1.76 bits per heavy atom. The fourth-order valence-electron chi connectivity index (χ4n) is 2.48. The summed E-state index contributed by atoms with van der Waals surface area (Å²) < 4.78 is 5.96. The molecule has 0 amide bonds. The summed E-state index contributed by atoms with van der Waals surface area (Å²) in [4.78, 5) is 10.0. The van der Waals surface area contributed by atoms with Gasteiger partial charge in [-0.1, -0.05) is 24.3 Å². The SMILES string of the molecule is CSc1ccc(-c2ncnc3c2oc2ccccc23)cc1. The fraction of sp³-hybridized carbons (Fsp3) is 0.0588. The van der Waals surface area contributed by atoms with Crippen molar-refractivity contribution in [2.45, 2.75) is 4.90 Å². The van der Waals surface area contributed by atoms with Crippen molar-refractivity contribution in [2.75, 3.05) is 6.26 Å². The number of rotatable bonds is 2. The van der Waals surface area contributed by atoms with E-state index in [2.05, 4.69) is 40.5 Å². The lowest BCUT2D eigenvalue weighted by Crippen LogP contribution is -1.86. The second-order valence-electron chi connectivity index (χ2n) is 4.73. The van der Waals surface area contributed by atoms with Gasteiger partial charge in [0.1, 0.15) is 23.1 Å². The predicted octanol–water partition coefficient (Wildman–Crippen LogP) is 4.76. The largest absolute Gasteiger partial charge is 0.452 e. The molecule has 0 aliphatic rings. The van der Waals surface area contributed by atoms with E-state index in [1.54, 1.807) is 18.1 Å². The van der Waals surface area contributed by atoms with Crippen molar-refractivity contribution < 1.29 is 4.42 Å². The first-order valence-electron chi connectivity index (χ1n) is 6.63. The van der Waals surface area contributed by atoms with E-state index in [0.717, 1.165) is 33.3 Å². The number of fused-ring (bicyclic) bond motifs is 3. The van der Waals surface area contributed by atoms with Gasteiger partial charge in [-0.05, 0) is 30.5 Å². The number of hydrogen-bond donors (Lipinski definition) is 0. The number of furan rings is 1. The van der Waals surface area contributed by atoms with Crippen LogP contribution in [0.1, 0.15) is 0 Å². The highest BCUT2D eigenvalue weighted by atomic mass is 32.2. The van der Waals surface area contributed by atoms with Crippen LogP contribution in [0, 0.1) is 0 Å². The third kappa shape index (κ3) is 1.99. The topological polar surface area (TPSA) is 38.9 Å². The molecule has 0 bridgehead atoms. The maximum Gasteiger partial charge on any atom is 0.180 e. The van der Waals surface area contributed by atoms with E-state index in [1.807, 2.05) is 24.3 Å².